The van der Waals surface area contributed by atoms with E-state index < -0.39 is 5.60 Å². The molecule has 1 amide bonds. The van der Waals surface area contributed by atoms with Crippen LogP contribution >= 0.6 is 11.6 Å². The van der Waals surface area contributed by atoms with Crippen molar-refractivity contribution in [3.05, 3.63) is 22.7 Å². The fraction of sp³-hybridized carbons (Fsp3) is 0.533. The molecule has 6 heteroatoms. The molecule has 21 heavy (non-hydrogen) atoms. The van der Waals surface area contributed by atoms with Gasteiger partial charge in [0.25, 0.3) is 5.91 Å². The molecule has 1 fully saturated rings. The molecule has 0 saturated carbocycles. The molecule has 3 rings (SSSR count). The third-order valence-corrected chi connectivity index (χ3v) is 4.10. The summed E-state index contributed by atoms with van der Waals surface area (Å²) in [5.74, 6) is 0.849. The van der Waals surface area contributed by atoms with Gasteiger partial charge in [0, 0.05) is 5.56 Å². The number of nitrogens with zero attached hydrogens (tertiary/aromatic N) is 1. The molecular weight excluding hydrogens is 294 g/mol. The van der Waals surface area contributed by atoms with Crippen LogP contribution in [0.5, 0.6) is 11.5 Å². The van der Waals surface area contributed by atoms with Crippen LogP contribution in [0.25, 0.3) is 0 Å². The Labute approximate surface area is 128 Å². The maximum Gasteiger partial charge on any atom is 0.254 e. The van der Waals surface area contributed by atoms with Gasteiger partial charge in [-0.05, 0) is 18.6 Å². The zero-order chi connectivity index (χ0) is 15.0. The molecule has 0 aliphatic carbocycles. The topological polar surface area (TPSA) is 59.0 Å². The predicted molar refractivity (Wildman–Crippen MR) is 78.2 cm³/mol. The highest BCUT2D eigenvalue weighted by Gasteiger charge is 2.43. The summed E-state index contributed by atoms with van der Waals surface area (Å²) in [5.41, 5.74) is -0.273. The second-order valence-electron chi connectivity index (χ2n) is 5.62. The lowest BCUT2D eigenvalue weighted by atomic mass is 9.88. The first-order valence-corrected chi connectivity index (χ1v) is 7.51. The molecule has 0 spiro atoms. The van der Waals surface area contributed by atoms with Crippen LogP contribution in [0.2, 0.25) is 5.02 Å². The van der Waals surface area contributed by atoms with Gasteiger partial charge in [0.1, 0.15) is 13.2 Å². The summed E-state index contributed by atoms with van der Waals surface area (Å²) >= 11 is 6.14. The van der Waals surface area contributed by atoms with E-state index in [4.69, 9.17) is 21.1 Å². The van der Waals surface area contributed by atoms with Gasteiger partial charge in [-0.15, -0.1) is 0 Å². The van der Waals surface area contributed by atoms with Gasteiger partial charge in [-0.1, -0.05) is 24.9 Å². The van der Waals surface area contributed by atoms with Crippen LogP contribution in [-0.2, 0) is 0 Å². The van der Waals surface area contributed by atoms with Gasteiger partial charge in [-0.3, -0.25) is 4.79 Å². The van der Waals surface area contributed by atoms with Crippen molar-refractivity contribution in [2.45, 2.75) is 25.4 Å². The number of rotatable bonds is 3. The molecule has 1 N–H and O–H groups in total. The van der Waals surface area contributed by atoms with Crippen molar-refractivity contribution in [1.29, 1.82) is 0 Å². The van der Waals surface area contributed by atoms with Crippen molar-refractivity contribution in [3.63, 3.8) is 0 Å². The van der Waals surface area contributed by atoms with E-state index in [-0.39, 0.29) is 5.91 Å². The number of hydrogen-bond acceptors (Lipinski definition) is 4. The summed E-state index contributed by atoms with van der Waals surface area (Å²) < 4.78 is 10.9. The summed E-state index contributed by atoms with van der Waals surface area (Å²) in [4.78, 5) is 14.0. The Morgan fingerprint density at radius 1 is 1.38 bits per heavy atom. The van der Waals surface area contributed by atoms with Crippen LogP contribution in [0.3, 0.4) is 0 Å². The van der Waals surface area contributed by atoms with E-state index in [1.54, 1.807) is 17.0 Å². The van der Waals surface area contributed by atoms with Crippen molar-refractivity contribution in [2.24, 2.45) is 0 Å². The highest BCUT2D eigenvalue weighted by molar-refractivity contribution is 6.32. The largest absolute Gasteiger partial charge is 0.486 e. The highest BCUT2D eigenvalue weighted by Crippen LogP contribution is 2.39. The van der Waals surface area contributed by atoms with Crippen LogP contribution in [0.15, 0.2) is 12.1 Å². The maximum atomic E-state index is 12.4. The van der Waals surface area contributed by atoms with E-state index in [1.807, 2.05) is 6.92 Å². The molecule has 1 aromatic rings. The summed E-state index contributed by atoms with van der Waals surface area (Å²) in [5, 5.41) is 10.5. The van der Waals surface area contributed by atoms with Gasteiger partial charge in [-0.25, -0.2) is 0 Å². The monoisotopic (exact) mass is 311 g/mol. The summed E-state index contributed by atoms with van der Waals surface area (Å²) in [6.07, 6.45) is 1.60. The summed E-state index contributed by atoms with van der Waals surface area (Å²) in [6, 6.07) is 3.24. The molecule has 114 valence electrons. The van der Waals surface area contributed by atoms with Gasteiger partial charge in [-0.2, -0.15) is 0 Å². The molecule has 0 radical (unpaired) electrons. The summed E-state index contributed by atoms with van der Waals surface area (Å²) in [6.45, 7) is 3.65. The van der Waals surface area contributed by atoms with Gasteiger partial charge in [0.2, 0.25) is 0 Å². The van der Waals surface area contributed by atoms with E-state index >= 15 is 0 Å². The molecule has 0 aromatic heterocycles. The normalized spacial score (nSPS) is 19.1. The van der Waals surface area contributed by atoms with E-state index in [2.05, 4.69) is 0 Å². The highest BCUT2D eigenvalue weighted by atomic mass is 35.5. The minimum Gasteiger partial charge on any atom is -0.486 e. The SMILES string of the molecule is CCCC1(O)CN(C(=O)c2cc(Cl)c3c(c2)OCCO3)C1. The van der Waals surface area contributed by atoms with Crippen LogP contribution in [-0.4, -0.2) is 47.8 Å². The first-order chi connectivity index (χ1) is 10.0. The molecule has 2 aliphatic rings. The first kappa shape index (κ1) is 14.5. The molecule has 2 aliphatic heterocycles. The standard InChI is InChI=1S/C15H18ClNO4/c1-2-3-15(19)8-17(9-15)14(18)10-6-11(16)13-12(7-10)20-4-5-21-13/h6-7,19H,2-5,8-9H2,1H3. The quantitative estimate of drug-likeness (QED) is 0.928. The van der Waals surface area contributed by atoms with Gasteiger partial charge >= 0.3 is 0 Å². The lowest BCUT2D eigenvalue weighted by Gasteiger charge is -2.46. The lowest BCUT2D eigenvalue weighted by Crippen LogP contribution is -2.63. The zero-order valence-corrected chi connectivity index (χ0v) is 12.7. The Balaban J connectivity index is 1.76. The number of halogens is 1. The average molecular weight is 312 g/mol. The number of carbonyl (C=O) groups is 1. The van der Waals surface area contributed by atoms with E-state index in [9.17, 15) is 9.90 Å². The Bertz CT molecular complexity index is 569. The van der Waals surface area contributed by atoms with Crippen molar-refractivity contribution < 1.29 is 19.4 Å². The van der Waals surface area contributed by atoms with Crippen LogP contribution in [0.4, 0.5) is 0 Å². The number of fused-ring (bicyclic) bond motifs is 1. The minimum atomic E-state index is -0.734. The maximum absolute atomic E-state index is 12.4. The van der Waals surface area contributed by atoms with Crippen LogP contribution in [0.1, 0.15) is 30.1 Å². The van der Waals surface area contributed by atoms with Gasteiger partial charge < -0.3 is 19.5 Å². The number of aliphatic hydroxyl groups is 1. The van der Waals surface area contributed by atoms with Gasteiger partial charge in [0.15, 0.2) is 11.5 Å². The molecule has 1 aromatic carbocycles. The van der Waals surface area contributed by atoms with E-state index in [0.29, 0.717) is 54.8 Å². The number of carbonyl (C=O) groups excluding carboxylic acids is 1. The second-order valence-corrected chi connectivity index (χ2v) is 6.03. The number of β-amino-alcohol motifs (C(OH)–C–C–N with tert-alkyl or cyclic N) is 1. The first-order valence-electron chi connectivity index (χ1n) is 7.13. The average Bonchev–Trinajstić information content (AvgIpc) is 2.44. The van der Waals surface area contributed by atoms with Crippen molar-refractivity contribution >= 4 is 17.5 Å². The number of benzene rings is 1. The zero-order valence-electron chi connectivity index (χ0n) is 11.9. The second kappa shape index (κ2) is 5.39. The third-order valence-electron chi connectivity index (χ3n) is 3.82. The molecule has 1 saturated heterocycles. The van der Waals surface area contributed by atoms with Gasteiger partial charge in [0.05, 0.1) is 23.7 Å². The molecule has 5 nitrogen and oxygen atoms in total. The van der Waals surface area contributed by atoms with Crippen molar-refractivity contribution in [1.82, 2.24) is 4.90 Å². The van der Waals surface area contributed by atoms with Crippen molar-refractivity contribution in [2.75, 3.05) is 26.3 Å². The predicted octanol–water partition coefficient (Wildman–Crippen LogP) is 2.10. The van der Waals surface area contributed by atoms with E-state index in [1.165, 1.54) is 0 Å². The van der Waals surface area contributed by atoms with E-state index in [0.717, 1.165) is 6.42 Å². The fourth-order valence-electron chi connectivity index (χ4n) is 2.85. The molecular formula is C15H18ClNO4. The van der Waals surface area contributed by atoms with Crippen molar-refractivity contribution in [3.8, 4) is 11.5 Å². The Morgan fingerprint density at radius 3 is 2.81 bits per heavy atom. The Kier molecular flexibility index (Phi) is 3.71. The molecule has 0 unspecified atom stereocenters. The number of amides is 1. The van der Waals surface area contributed by atoms with Crippen LogP contribution in [0, 0.1) is 0 Å². The smallest absolute Gasteiger partial charge is 0.254 e. The summed E-state index contributed by atoms with van der Waals surface area (Å²) in [7, 11) is 0. The Morgan fingerprint density at radius 2 is 2.10 bits per heavy atom. The number of likely N-dealkylation sites (tertiary alicyclic amines) is 1. The third kappa shape index (κ3) is 2.68. The molecule has 2 heterocycles. The number of hydrogen-bond donors (Lipinski definition) is 1. The molecule has 0 atom stereocenters. The Hall–Kier alpha value is -1.46. The molecule has 0 bridgehead atoms. The fourth-order valence-corrected chi connectivity index (χ4v) is 3.11. The lowest BCUT2D eigenvalue weighted by molar-refractivity contribution is -0.0860. The number of ether oxygens (including phenoxy) is 2. The minimum absolute atomic E-state index is 0.144. The van der Waals surface area contributed by atoms with Crippen LogP contribution < -0.4 is 9.47 Å².